The lowest BCUT2D eigenvalue weighted by atomic mass is 9.43. The standard InChI is InChI=1S/C54H66F3NO11/c1-32(22-25-43(59)65-31-33-16-10-7-11-17-33)38-23-24-39-44-40(30-42(53(38,39)6)68-49(63)54(55,56)57)52(5)27-26-37(28-36(52)29-41(44)67-47(61)35-20-14-9-15-21-35)66-48(62)46(60)45(34-18-12-8-13-19-34)58-50(64)69-51(2,3)4/h7-21,32,36-42,44-46,60H,22-31H2,1-6H3,(H,58,64)/t32-,36+,37-,38-,39+,40+,41-,42+,44+,45+,46-,52+,53-/m1/s1. The summed E-state index contributed by atoms with van der Waals surface area (Å²) >= 11 is 0. The van der Waals surface area contributed by atoms with Crippen LogP contribution in [0.15, 0.2) is 91.0 Å². The molecular weight excluding hydrogens is 896 g/mol. The molecule has 0 radical (unpaired) electrons. The maximum absolute atomic E-state index is 14.2. The zero-order valence-electron chi connectivity index (χ0n) is 40.2. The minimum atomic E-state index is -5.24. The van der Waals surface area contributed by atoms with Crippen LogP contribution in [0.4, 0.5) is 18.0 Å². The molecule has 13 atom stereocenters. The van der Waals surface area contributed by atoms with Crippen molar-refractivity contribution in [1.82, 2.24) is 5.32 Å². The number of fused-ring (bicyclic) bond motifs is 5. The predicted octanol–water partition coefficient (Wildman–Crippen LogP) is 10.3. The number of carbonyl (C=O) groups is 5. The molecular formula is C54H66F3NO11. The molecule has 12 nitrogen and oxygen atoms in total. The Bertz CT molecular complexity index is 2270. The Morgan fingerprint density at radius 1 is 0.797 bits per heavy atom. The van der Waals surface area contributed by atoms with Gasteiger partial charge < -0.3 is 34.1 Å². The molecule has 374 valence electrons. The van der Waals surface area contributed by atoms with Crippen molar-refractivity contribution >= 4 is 30.0 Å². The monoisotopic (exact) mass is 961 g/mol. The van der Waals surface area contributed by atoms with Gasteiger partial charge in [-0.05, 0) is 130 Å². The summed E-state index contributed by atoms with van der Waals surface area (Å²) in [6.45, 7) is 11.2. The van der Waals surface area contributed by atoms with Crippen LogP contribution < -0.4 is 5.32 Å². The van der Waals surface area contributed by atoms with Gasteiger partial charge in [-0.25, -0.2) is 19.2 Å². The van der Waals surface area contributed by atoms with E-state index in [1.807, 2.05) is 44.2 Å². The normalized spacial score (nSPS) is 29.9. The highest BCUT2D eigenvalue weighted by molar-refractivity contribution is 5.89. The number of aliphatic hydroxyl groups excluding tert-OH is 1. The fourth-order valence-corrected chi connectivity index (χ4v) is 12.6. The van der Waals surface area contributed by atoms with Crippen molar-refractivity contribution in [3.05, 3.63) is 108 Å². The Morgan fingerprint density at radius 2 is 1.43 bits per heavy atom. The van der Waals surface area contributed by atoms with Gasteiger partial charge in [0.05, 0.1) is 11.6 Å². The number of nitrogens with one attached hydrogen (secondary N) is 1. The molecule has 4 saturated carbocycles. The van der Waals surface area contributed by atoms with E-state index < -0.39 is 83.0 Å². The topological polar surface area (TPSA) is 164 Å². The van der Waals surface area contributed by atoms with Crippen LogP contribution in [-0.2, 0) is 44.7 Å². The summed E-state index contributed by atoms with van der Waals surface area (Å²) in [7, 11) is 0. The smallest absolute Gasteiger partial charge is 0.461 e. The number of aliphatic hydroxyl groups is 1. The number of halogens is 3. The van der Waals surface area contributed by atoms with Gasteiger partial charge in [0.25, 0.3) is 0 Å². The number of hydrogen-bond acceptors (Lipinski definition) is 11. The number of hydrogen-bond donors (Lipinski definition) is 2. The zero-order chi connectivity index (χ0) is 49.9. The number of esters is 4. The fourth-order valence-electron chi connectivity index (χ4n) is 12.6. The molecule has 15 heteroatoms. The summed E-state index contributed by atoms with van der Waals surface area (Å²) in [5.74, 6) is -5.89. The van der Waals surface area contributed by atoms with Gasteiger partial charge in [-0.3, -0.25) is 4.79 Å². The second kappa shape index (κ2) is 20.9. The van der Waals surface area contributed by atoms with Gasteiger partial charge in [-0.1, -0.05) is 99.6 Å². The summed E-state index contributed by atoms with van der Waals surface area (Å²) in [5.41, 5.74) is -0.790. The van der Waals surface area contributed by atoms with E-state index in [4.69, 9.17) is 23.7 Å². The fraction of sp³-hybridized carbons (Fsp3) is 0.574. The predicted molar refractivity (Wildman–Crippen MR) is 247 cm³/mol. The molecule has 3 aromatic rings. The van der Waals surface area contributed by atoms with E-state index in [0.29, 0.717) is 56.1 Å². The van der Waals surface area contributed by atoms with Gasteiger partial charge in [0.15, 0.2) is 6.10 Å². The first-order chi connectivity index (χ1) is 32.6. The molecule has 0 aliphatic heterocycles. The van der Waals surface area contributed by atoms with Crippen molar-refractivity contribution in [3.63, 3.8) is 0 Å². The van der Waals surface area contributed by atoms with Crippen molar-refractivity contribution in [2.45, 2.75) is 148 Å². The zero-order valence-corrected chi connectivity index (χ0v) is 40.2. The van der Waals surface area contributed by atoms with Crippen LogP contribution in [0.3, 0.4) is 0 Å². The second-order valence-corrected chi connectivity index (χ2v) is 21.2. The Hall–Kier alpha value is -5.44. The molecule has 3 aromatic carbocycles. The Balaban J connectivity index is 1.15. The average Bonchev–Trinajstić information content (AvgIpc) is 3.67. The number of amides is 1. The first-order valence-corrected chi connectivity index (χ1v) is 24.2. The van der Waals surface area contributed by atoms with Crippen molar-refractivity contribution in [2.75, 3.05) is 0 Å². The number of benzene rings is 3. The van der Waals surface area contributed by atoms with Crippen molar-refractivity contribution in [2.24, 2.45) is 46.3 Å². The lowest BCUT2D eigenvalue weighted by molar-refractivity contribution is -0.239. The number of alkyl halides is 3. The maximum Gasteiger partial charge on any atom is 0.490 e. The van der Waals surface area contributed by atoms with E-state index in [9.17, 15) is 42.3 Å². The third kappa shape index (κ3) is 11.6. The van der Waals surface area contributed by atoms with Gasteiger partial charge in [0, 0.05) is 17.8 Å². The molecule has 0 spiro atoms. The summed E-state index contributed by atoms with van der Waals surface area (Å²) in [4.78, 5) is 66.7. The maximum atomic E-state index is 14.2. The third-order valence-electron chi connectivity index (χ3n) is 15.9. The van der Waals surface area contributed by atoms with Crippen molar-refractivity contribution in [1.29, 1.82) is 0 Å². The van der Waals surface area contributed by atoms with Crippen LogP contribution in [0.25, 0.3) is 0 Å². The quantitative estimate of drug-likeness (QED) is 0.117. The summed E-state index contributed by atoms with van der Waals surface area (Å²) in [5, 5.41) is 14.1. The molecule has 0 heterocycles. The van der Waals surface area contributed by atoms with E-state index in [1.54, 1.807) is 81.4 Å². The van der Waals surface area contributed by atoms with Gasteiger partial charge >= 0.3 is 36.1 Å². The highest BCUT2D eigenvalue weighted by atomic mass is 19.4. The molecule has 4 aliphatic rings. The first-order valence-electron chi connectivity index (χ1n) is 24.2. The highest BCUT2D eigenvalue weighted by Gasteiger charge is 2.68. The average molecular weight is 962 g/mol. The van der Waals surface area contributed by atoms with E-state index in [1.165, 1.54) is 0 Å². The second-order valence-electron chi connectivity index (χ2n) is 21.2. The van der Waals surface area contributed by atoms with Crippen LogP contribution in [-0.4, -0.2) is 71.3 Å². The lowest BCUT2D eigenvalue weighted by Crippen LogP contribution is -2.64. The summed E-state index contributed by atoms with van der Waals surface area (Å²) in [6.07, 6.45) is -7.23. The van der Waals surface area contributed by atoms with Crippen LogP contribution in [0.2, 0.25) is 0 Å². The number of carbonyl (C=O) groups excluding carboxylic acids is 5. The van der Waals surface area contributed by atoms with E-state index in [-0.39, 0.29) is 55.0 Å². The van der Waals surface area contributed by atoms with E-state index in [0.717, 1.165) is 5.56 Å². The van der Waals surface area contributed by atoms with Gasteiger partial charge in [0.2, 0.25) is 0 Å². The molecule has 0 saturated heterocycles. The number of ether oxygens (including phenoxy) is 5. The SMILES string of the molecule is C[C@H](CCC(=O)OCc1ccccc1)[C@H]1CC[C@H]2[C@@H]3[C@H](OC(=O)c4ccccc4)C[C@@H]4C[C@H](OC(=O)[C@H](O)[C@@H](NC(=O)OC(C)(C)C)c5ccccc5)CC[C@]4(C)[C@H]3C[C@H](OC(=O)C(F)(F)F)[C@]12C. The Kier molecular flexibility index (Phi) is 15.6. The minimum Gasteiger partial charge on any atom is -0.461 e. The minimum absolute atomic E-state index is 0.0759. The molecule has 69 heavy (non-hydrogen) atoms. The van der Waals surface area contributed by atoms with E-state index in [2.05, 4.69) is 12.2 Å². The highest BCUT2D eigenvalue weighted by Crippen LogP contribution is 2.69. The van der Waals surface area contributed by atoms with Gasteiger partial charge in [-0.15, -0.1) is 0 Å². The van der Waals surface area contributed by atoms with E-state index >= 15 is 0 Å². The largest absolute Gasteiger partial charge is 0.490 e. The third-order valence-corrected chi connectivity index (χ3v) is 15.9. The van der Waals surface area contributed by atoms with Crippen LogP contribution >= 0.6 is 0 Å². The number of alkyl carbamates (subject to hydrolysis) is 1. The van der Waals surface area contributed by atoms with Gasteiger partial charge in [-0.2, -0.15) is 13.2 Å². The molecule has 4 aliphatic carbocycles. The summed E-state index contributed by atoms with van der Waals surface area (Å²) in [6, 6.07) is 25.1. The van der Waals surface area contributed by atoms with Crippen molar-refractivity contribution < 1.29 is 65.9 Å². The molecule has 0 bridgehead atoms. The lowest BCUT2D eigenvalue weighted by Gasteiger charge is -2.64. The molecule has 0 unspecified atom stereocenters. The molecule has 4 fully saturated rings. The number of rotatable bonds is 14. The molecule has 7 rings (SSSR count). The van der Waals surface area contributed by atoms with Crippen LogP contribution in [0.5, 0.6) is 0 Å². The molecule has 2 N–H and O–H groups in total. The Labute approximate surface area is 402 Å². The molecule has 1 amide bonds. The van der Waals surface area contributed by atoms with Crippen LogP contribution in [0.1, 0.15) is 127 Å². The molecule has 0 aromatic heterocycles. The van der Waals surface area contributed by atoms with Crippen molar-refractivity contribution in [3.8, 4) is 0 Å². The first kappa shape index (κ1) is 51.4. The van der Waals surface area contributed by atoms with Gasteiger partial charge in [0.1, 0.15) is 30.5 Å². The van der Waals surface area contributed by atoms with Crippen LogP contribution in [0, 0.1) is 46.3 Å². The Morgan fingerprint density at radius 3 is 2.07 bits per heavy atom. The summed E-state index contributed by atoms with van der Waals surface area (Å²) < 4.78 is 71.8.